The summed E-state index contributed by atoms with van der Waals surface area (Å²) in [5.74, 6) is 0.620. The summed E-state index contributed by atoms with van der Waals surface area (Å²) in [6.07, 6.45) is -0.991. The number of nitrogens with zero attached hydrogens (tertiary/aromatic N) is 2. The Morgan fingerprint density at radius 3 is 1.62 bits per heavy atom. The predicted molar refractivity (Wildman–Crippen MR) is 30.0 cm³/mol. The summed E-state index contributed by atoms with van der Waals surface area (Å²) in [7, 11) is 0. The van der Waals surface area contributed by atoms with Crippen molar-refractivity contribution >= 4 is 0 Å². The average molecular weight is 115 g/mol. The van der Waals surface area contributed by atoms with Gasteiger partial charge in [-0.3, -0.25) is 0 Å². The lowest BCUT2D eigenvalue weighted by atomic mass is 10.2. The lowest BCUT2D eigenvalue weighted by Gasteiger charge is -1.99. The molecule has 1 radical (unpaired) electrons. The molecule has 0 fully saturated rings. The van der Waals surface area contributed by atoms with Gasteiger partial charge in [0.25, 0.3) is 0 Å². The van der Waals surface area contributed by atoms with Gasteiger partial charge in [-0.25, -0.2) is 0 Å². The van der Waals surface area contributed by atoms with Crippen molar-refractivity contribution < 1.29 is 0 Å². The fourth-order valence-electron chi connectivity index (χ4n) is 0.230. The van der Waals surface area contributed by atoms with E-state index in [0.717, 1.165) is 0 Å². The van der Waals surface area contributed by atoms with Gasteiger partial charge in [0.15, 0.2) is 0 Å². The first-order valence-electron chi connectivity index (χ1n) is 2.17. The van der Waals surface area contributed by atoms with E-state index < -0.39 is 6.17 Å². The number of nitroso groups, excluding NO2 is 2. The van der Waals surface area contributed by atoms with Crippen LogP contribution in [0.5, 0.6) is 0 Å². The second-order valence-electron chi connectivity index (χ2n) is 1.66. The Morgan fingerprint density at radius 2 is 1.62 bits per heavy atom. The highest BCUT2D eigenvalue weighted by Crippen LogP contribution is 2.07. The quantitative estimate of drug-likeness (QED) is 0.523. The molecule has 0 aromatic heterocycles. The third-order valence-electron chi connectivity index (χ3n) is 0.716. The van der Waals surface area contributed by atoms with E-state index >= 15 is 0 Å². The van der Waals surface area contributed by atoms with Crippen molar-refractivity contribution in [3.63, 3.8) is 0 Å². The zero-order chi connectivity index (χ0) is 6.57. The lowest BCUT2D eigenvalue weighted by Crippen LogP contribution is -2.04. The Balaban J connectivity index is 3.68. The van der Waals surface area contributed by atoms with E-state index in [0.29, 0.717) is 5.92 Å². The van der Waals surface area contributed by atoms with E-state index in [1.165, 1.54) is 0 Å². The predicted octanol–water partition coefficient (Wildman–Crippen LogP) is 1.46. The second-order valence-corrected chi connectivity index (χ2v) is 1.66. The van der Waals surface area contributed by atoms with E-state index in [1.807, 2.05) is 0 Å². The van der Waals surface area contributed by atoms with Gasteiger partial charge in [0.1, 0.15) is 0 Å². The Kier molecular flexibility index (Phi) is 2.91. The van der Waals surface area contributed by atoms with Gasteiger partial charge < -0.3 is 0 Å². The Morgan fingerprint density at radius 1 is 1.25 bits per heavy atom. The zero-order valence-corrected chi connectivity index (χ0v) is 4.79. The molecule has 0 aliphatic rings. The molecule has 0 N–H and O–H groups in total. The van der Waals surface area contributed by atoms with Crippen LogP contribution in [0.1, 0.15) is 13.8 Å². The highest BCUT2D eigenvalue weighted by Gasteiger charge is 2.12. The van der Waals surface area contributed by atoms with E-state index in [1.54, 1.807) is 13.8 Å². The average Bonchev–Trinajstić information content (AvgIpc) is 1.69. The molecule has 0 bridgehead atoms. The van der Waals surface area contributed by atoms with Crippen LogP contribution in [0.3, 0.4) is 0 Å². The SMILES string of the molecule is C[C](C)C(N=O)N=O. The minimum Gasteiger partial charge on any atom is -0.148 e. The maximum atomic E-state index is 9.61. The van der Waals surface area contributed by atoms with Gasteiger partial charge >= 0.3 is 0 Å². The Bertz CT molecular complexity index is 84.0. The Hall–Kier alpha value is -0.800. The second kappa shape index (κ2) is 3.23. The van der Waals surface area contributed by atoms with Gasteiger partial charge in [-0.2, -0.15) is 0 Å². The van der Waals surface area contributed by atoms with Crippen molar-refractivity contribution in [2.45, 2.75) is 20.0 Å². The smallest absolute Gasteiger partial charge is 0.148 e. The molecule has 8 heavy (non-hydrogen) atoms. The van der Waals surface area contributed by atoms with Crippen molar-refractivity contribution in [2.75, 3.05) is 0 Å². The van der Waals surface area contributed by atoms with Gasteiger partial charge in [0, 0.05) is 5.92 Å². The fourth-order valence-corrected chi connectivity index (χ4v) is 0.230. The molecule has 0 heterocycles. The molecule has 0 amide bonds. The van der Waals surface area contributed by atoms with Gasteiger partial charge in [0.2, 0.25) is 6.17 Å². The molecule has 0 unspecified atom stereocenters. The molecule has 0 rings (SSSR count). The molecule has 4 nitrogen and oxygen atoms in total. The first kappa shape index (κ1) is 7.20. The van der Waals surface area contributed by atoms with Gasteiger partial charge in [-0.15, -0.1) is 9.81 Å². The Labute approximate surface area is 47.2 Å². The first-order valence-corrected chi connectivity index (χ1v) is 2.17. The van der Waals surface area contributed by atoms with Crippen molar-refractivity contribution in [3.05, 3.63) is 15.7 Å². The molecule has 45 valence electrons. The monoisotopic (exact) mass is 115 g/mol. The highest BCUT2D eigenvalue weighted by atomic mass is 16.3. The molecule has 0 atom stereocenters. The van der Waals surface area contributed by atoms with Crippen LogP contribution in [0.15, 0.2) is 10.4 Å². The van der Waals surface area contributed by atoms with Crippen LogP contribution in [0.4, 0.5) is 0 Å². The minimum atomic E-state index is -0.991. The summed E-state index contributed by atoms with van der Waals surface area (Å²) >= 11 is 0. The van der Waals surface area contributed by atoms with Gasteiger partial charge in [-0.1, -0.05) is 13.8 Å². The summed E-state index contributed by atoms with van der Waals surface area (Å²) in [4.78, 5) is 19.2. The van der Waals surface area contributed by atoms with Crippen molar-refractivity contribution in [1.29, 1.82) is 0 Å². The largest absolute Gasteiger partial charge is 0.228 e. The number of hydrogen-bond donors (Lipinski definition) is 0. The van der Waals surface area contributed by atoms with Crippen LogP contribution in [0.2, 0.25) is 0 Å². The topological polar surface area (TPSA) is 58.9 Å². The molecular formula is C4H7N2O2. The first-order chi connectivity index (χ1) is 3.72. The van der Waals surface area contributed by atoms with E-state index in [9.17, 15) is 9.81 Å². The molecule has 0 aromatic carbocycles. The molecular weight excluding hydrogens is 108 g/mol. The van der Waals surface area contributed by atoms with E-state index in [-0.39, 0.29) is 0 Å². The maximum Gasteiger partial charge on any atom is 0.228 e. The molecule has 0 aliphatic heterocycles. The molecule has 4 heteroatoms. The summed E-state index contributed by atoms with van der Waals surface area (Å²) < 4.78 is 0. The summed E-state index contributed by atoms with van der Waals surface area (Å²) in [6, 6.07) is 0. The summed E-state index contributed by atoms with van der Waals surface area (Å²) in [5, 5.41) is 4.88. The highest BCUT2D eigenvalue weighted by molar-refractivity contribution is 4.90. The summed E-state index contributed by atoms with van der Waals surface area (Å²) in [6.45, 7) is 3.26. The van der Waals surface area contributed by atoms with Crippen LogP contribution in [-0.2, 0) is 0 Å². The van der Waals surface area contributed by atoms with Crippen molar-refractivity contribution in [1.82, 2.24) is 0 Å². The fraction of sp³-hybridized carbons (Fsp3) is 0.750. The zero-order valence-electron chi connectivity index (χ0n) is 4.79. The molecule has 0 saturated carbocycles. The number of rotatable bonds is 3. The molecule has 0 aromatic rings. The van der Waals surface area contributed by atoms with Crippen LogP contribution in [0.25, 0.3) is 0 Å². The standard InChI is InChI=1S/C4H7N2O2/c1-3(2)4(5-7)6-8/h4H,1-2H3. The minimum absolute atomic E-state index is 0.620. The van der Waals surface area contributed by atoms with Crippen molar-refractivity contribution in [2.24, 2.45) is 10.4 Å². The normalized spacial score (nSPS) is 10.0. The van der Waals surface area contributed by atoms with E-state index in [2.05, 4.69) is 10.4 Å². The molecule has 0 spiro atoms. The molecule has 0 saturated heterocycles. The summed E-state index contributed by atoms with van der Waals surface area (Å²) in [5.41, 5.74) is 0. The van der Waals surface area contributed by atoms with Crippen LogP contribution < -0.4 is 0 Å². The third kappa shape index (κ3) is 1.77. The van der Waals surface area contributed by atoms with Crippen LogP contribution >= 0.6 is 0 Å². The van der Waals surface area contributed by atoms with Crippen LogP contribution in [-0.4, -0.2) is 6.17 Å². The van der Waals surface area contributed by atoms with E-state index in [4.69, 9.17) is 0 Å². The van der Waals surface area contributed by atoms with Gasteiger partial charge in [-0.05, 0) is 10.4 Å². The third-order valence-corrected chi connectivity index (χ3v) is 0.716. The lowest BCUT2D eigenvalue weighted by molar-refractivity contribution is 0.714. The van der Waals surface area contributed by atoms with Crippen LogP contribution in [0, 0.1) is 15.7 Å². The molecule has 0 aliphatic carbocycles. The van der Waals surface area contributed by atoms with Crippen molar-refractivity contribution in [3.8, 4) is 0 Å². The maximum absolute atomic E-state index is 9.61. The number of hydrogen-bond acceptors (Lipinski definition) is 4. The van der Waals surface area contributed by atoms with Gasteiger partial charge in [0.05, 0.1) is 0 Å².